The number of ether oxygens (including phenoxy) is 2. The summed E-state index contributed by atoms with van der Waals surface area (Å²) in [6.07, 6.45) is 2.77. The highest BCUT2D eigenvalue weighted by atomic mass is 16.6. The summed E-state index contributed by atoms with van der Waals surface area (Å²) in [5.74, 6) is -0.0694. The van der Waals surface area contributed by atoms with Crippen LogP contribution in [-0.2, 0) is 20.9 Å². The molecule has 0 aliphatic carbocycles. The Hall–Kier alpha value is -2.30. The van der Waals surface area contributed by atoms with Crippen LogP contribution in [0.3, 0.4) is 0 Å². The van der Waals surface area contributed by atoms with Gasteiger partial charge in [0.2, 0.25) is 0 Å². The molecule has 1 aliphatic heterocycles. The Labute approximate surface area is 136 Å². The third kappa shape index (κ3) is 4.84. The molecule has 0 N–H and O–H groups in total. The highest BCUT2D eigenvalue weighted by molar-refractivity contribution is 5.71. The van der Waals surface area contributed by atoms with E-state index in [1.165, 1.54) is 7.11 Å². The maximum Gasteiger partial charge on any atom is 0.410 e. The van der Waals surface area contributed by atoms with Gasteiger partial charge in [-0.2, -0.15) is 0 Å². The van der Waals surface area contributed by atoms with Gasteiger partial charge in [-0.25, -0.2) is 4.79 Å². The zero-order chi connectivity index (χ0) is 16.7. The minimum Gasteiger partial charge on any atom is -0.469 e. The molecule has 1 fully saturated rings. The van der Waals surface area contributed by atoms with E-state index in [-0.39, 0.29) is 24.6 Å². The van der Waals surface area contributed by atoms with Gasteiger partial charge in [-0.15, -0.1) is 0 Å². The first kappa shape index (κ1) is 17.1. The number of amides is 1. The molecule has 0 bridgehead atoms. The molecule has 1 aromatic rings. The molecule has 0 radical (unpaired) electrons. The molecule has 1 aromatic carbocycles. The van der Waals surface area contributed by atoms with Crippen LogP contribution >= 0.6 is 0 Å². The lowest BCUT2D eigenvalue weighted by molar-refractivity contribution is -0.141. The first-order chi connectivity index (χ1) is 11.1. The third-order valence-electron chi connectivity index (χ3n) is 4.12. The van der Waals surface area contributed by atoms with E-state index in [4.69, 9.17) is 9.47 Å². The number of rotatable bonds is 4. The molecule has 1 atom stereocenters. The van der Waals surface area contributed by atoms with E-state index in [0.717, 1.165) is 17.6 Å². The second kappa shape index (κ2) is 8.36. The molecule has 124 valence electrons. The topological polar surface area (TPSA) is 55.8 Å². The van der Waals surface area contributed by atoms with Gasteiger partial charge in [0.25, 0.3) is 0 Å². The van der Waals surface area contributed by atoms with Crippen LogP contribution < -0.4 is 0 Å². The Kier molecular flexibility index (Phi) is 6.20. The first-order valence-corrected chi connectivity index (χ1v) is 7.81. The number of carbonyl (C=O) groups excluding carboxylic acids is 2. The smallest absolute Gasteiger partial charge is 0.410 e. The van der Waals surface area contributed by atoms with Crippen molar-refractivity contribution in [3.05, 3.63) is 47.5 Å². The number of nitrogens with zero attached hydrogens (tertiary/aromatic N) is 1. The van der Waals surface area contributed by atoms with Crippen molar-refractivity contribution in [3.8, 4) is 0 Å². The average Bonchev–Trinajstić information content (AvgIpc) is 2.60. The van der Waals surface area contributed by atoms with E-state index in [1.54, 1.807) is 4.90 Å². The highest BCUT2D eigenvalue weighted by Gasteiger charge is 2.28. The molecular formula is C18H23NO4. The van der Waals surface area contributed by atoms with Crippen LogP contribution in [0.1, 0.15) is 25.3 Å². The largest absolute Gasteiger partial charge is 0.469 e. The van der Waals surface area contributed by atoms with Gasteiger partial charge in [0.15, 0.2) is 0 Å². The second-order valence-electron chi connectivity index (χ2n) is 5.59. The first-order valence-electron chi connectivity index (χ1n) is 7.81. The van der Waals surface area contributed by atoms with Crippen molar-refractivity contribution in [1.29, 1.82) is 0 Å². The predicted molar refractivity (Wildman–Crippen MR) is 86.7 cm³/mol. The Morgan fingerprint density at radius 3 is 2.70 bits per heavy atom. The van der Waals surface area contributed by atoms with Gasteiger partial charge < -0.3 is 14.4 Å². The molecule has 1 amide bonds. The van der Waals surface area contributed by atoms with Crippen LogP contribution in [0, 0.1) is 5.92 Å². The van der Waals surface area contributed by atoms with Crippen molar-refractivity contribution in [3.63, 3.8) is 0 Å². The summed E-state index contributed by atoms with van der Waals surface area (Å²) in [6.45, 7) is 3.30. The average molecular weight is 317 g/mol. The van der Waals surface area contributed by atoms with Crippen molar-refractivity contribution in [2.24, 2.45) is 5.92 Å². The minimum absolute atomic E-state index is 0.144. The Morgan fingerprint density at radius 1 is 1.30 bits per heavy atom. The van der Waals surface area contributed by atoms with Gasteiger partial charge in [-0.1, -0.05) is 42.0 Å². The summed E-state index contributed by atoms with van der Waals surface area (Å²) < 4.78 is 10.1. The monoisotopic (exact) mass is 317 g/mol. The molecule has 0 saturated carbocycles. The number of hydrogen-bond acceptors (Lipinski definition) is 4. The maximum atomic E-state index is 12.2. The molecule has 1 aliphatic rings. The number of piperidine rings is 1. The summed E-state index contributed by atoms with van der Waals surface area (Å²) in [7, 11) is 1.40. The summed E-state index contributed by atoms with van der Waals surface area (Å²) in [5, 5.41) is 0. The van der Waals surface area contributed by atoms with Crippen LogP contribution in [0.5, 0.6) is 0 Å². The van der Waals surface area contributed by atoms with E-state index in [0.29, 0.717) is 19.5 Å². The van der Waals surface area contributed by atoms with Crippen LogP contribution in [0.2, 0.25) is 0 Å². The fourth-order valence-corrected chi connectivity index (χ4v) is 2.74. The second-order valence-corrected chi connectivity index (χ2v) is 5.59. The van der Waals surface area contributed by atoms with E-state index < -0.39 is 0 Å². The quantitative estimate of drug-likeness (QED) is 0.632. The molecule has 2 rings (SSSR count). The SMILES string of the molecule is C/C=C1\CN(C(=O)OCc2ccccc2)CC[C@@H]1CC(=O)OC. The molecule has 0 unspecified atom stereocenters. The highest BCUT2D eigenvalue weighted by Crippen LogP contribution is 2.26. The number of carbonyl (C=O) groups is 2. The van der Waals surface area contributed by atoms with Crippen molar-refractivity contribution in [2.75, 3.05) is 20.2 Å². The standard InChI is InChI=1S/C18H23NO4/c1-3-15-12-19(10-9-16(15)11-17(20)22-2)18(21)23-13-14-7-5-4-6-8-14/h3-8,16H,9-13H2,1-2H3/b15-3+/t16-/m1/s1. The Balaban J connectivity index is 1.87. The molecule has 1 heterocycles. The van der Waals surface area contributed by atoms with Crippen molar-refractivity contribution in [1.82, 2.24) is 4.90 Å². The fourth-order valence-electron chi connectivity index (χ4n) is 2.74. The van der Waals surface area contributed by atoms with Crippen molar-refractivity contribution >= 4 is 12.1 Å². The van der Waals surface area contributed by atoms with E-state index in [1.807, 2.05) is 43.3 Å². The minimum atomic E-state index is -0.315. The van der Waals surface area contributed by atoms with Crippen LogP contribution in [-0.4, -0.2) is 37.2 Å². The zero-order valence-corrected chi connectivity index (χ0v) is 13.7. The molecule has 0 spiro atoms. The van der Waals surface area contributed by atoms with Crippen LogP contribution in [0.15, 0.2) is 42.0 Å². The Morgan fingerprint density at radius 2 is 2.04 bits per heavy atom. The normalized spacial score (nSPS) is 19.5. The zero-order valence-electron chi connectivity index (χ0n) is 13.7. The maximum absolute atomic E-state index is 12.2. The summed E-state index contributed by atoms with van der Waals surface area (Å²) in [5.41, 5.74) is 2.05. The number of benzene rings is 1. The van der Waals surface area contributed by atoms with Gasteiger partial charge >= 0.3 is 12.1 Å². The molecule has 5 nitrogen and oxygen atoms in total. The van der Waals surface area contributed by atoms with Gasteiger partial charge in [0.05, 0.1) is 13.5 Å². The lowest BCUT2D eigenvalue weighted by Gasteiger charge is -2.33. The molecule has 0 aromatic heterocycles. The summed E-state index contributed by atoms with van der Waals surface area (Å²) in [6, 6.07) is 9.61. The number of allylic oxidation sites excluding steroid dienone is 1. The summed E-state index contributed by atoms with van der Waals surface area (Å²) in [4.78, 5) is 25.4. The van der Waals surface area contributed by atoms with Crippen LogP contribution in [0.4, 0.5) is 4.79 Å². The van der Waals surface area contributed by atoms with E-state index >= 15 is 0 Å². The number of methoxy groups -OCH3 is 1. The fraction of sp³-hybridized carbons (Fsp3) is 0.444. The number of likely N-dealkylation sites (tertiary alicyclic amines) is 1. The lowest BCUT2D eigenvalue weighted by atomic mass is 9.88. The van der Waals surface area contributed by atoms with E-state index in [2.05, 4.69) is 0 Å². The van der Waals surface area contributed by atoms with Crippen molar-refractivity contribution in [2.45, 2.75) is 26.4 Å². The lowest BCUT2D eigenvalue weighted by Crippen LogP contribution is -2.40. The van der Waals surface area contributed by atoms with Crippen LogP contribution in [0.25, 0.3) is 0 Å². The molecule has 5 heteroatoms. The molecule has 1 saturated heterocycles. The number of esters is 1. The van der Waals surface area contributed by atoms with Gasteiger partial charge in [-0.3, -0.25) is 4.79 Å². The van der Waals surface area contributed by atoms with Crippen molar-refractivity contribution < 1.29 is 19.1 Å². The number of hydrogen-bond donors (Lipinski definition) is 0. The third-order valence-corrected chi connectivity index (χ3v) is 4.12. The van der Waals surface area contributed by atoms with Gasteiger partial charge in [-0.05, 0) is 24.8 Å². The predicted octanol–water partition coefficient (Wildman–Crippen LogP) is 3.15. The van der Waals surface area contributed by atoms with Gasteiger partial charge in [0.1, 0.15) is 6.61 Å². The molecule has 23 heavy (non-hydrogen) atoms. The Bertz CT molecular complexity index is 568. The van der Waals surface area contributed by atoms with Gasteiger partial charge in [0, 0.05) is 13.1 Å². The summed E-state index contributed by atoms with van der Waals surface area (Å²) >= 11 is 0. The molecular weight excluding hydrogens is 294 g/mol. The van der Waals surface area contributed by atoms with E-state index in [9.17, 15) is 9.59 Å².